The molecule has 4 rings (SSSR count). The summed E-state index contributed by atoms with van der Waals surface area (Å²) in [7, 11) is 1.37. The van der Waals surface area contributed by atoms with E-state index < -0.39 is 33.9 Å². The Bertz CT molecular complexity index is 970. The maximum atomic E-state index is 14.0. The maximum absolute atomic E-state index is 14.0. The van der Waals surface area contributed by atoms with E-state index in [1.54, 1.807) is 6.92 Å². The van der Waals surface area contributed by atoms with E-state index in [1.807, 2.05) is 13.8 Å². The number of hydrogen-bond acceptors (Lipinski definition) is 7. The maximum Gasteiger partial charge on any atom is 0.305 e. The average molecular weight is 491 g/mol. The second-order valence-electron chi connectivity index (χ2n) is 12.7. The molecular formula is C28H42O7. The van der Waals surface area contributed by atoms with E-state index in [2.05, 4.69) is 13.8 Å². The van der Waals surface area contributed by atoms with E-state index >= 15 is 0 Å². The van der Waals surface area contributed by atoms with Crippen LogP contribution in [0.5, 0.6) is 0 Å². The predicted octanol–water partition coefficient (Wildman–Crippen LogP) is 2.99. The molecule has 35 heavy (non-hydrogen) atoms. The number of carbonyl (C=O) groups excluding carboxylic acids is 3. The van der Waals surface area contributed by atoms with E-state index in [9.17, 15) is 29.7 Å². The van der Waals surface area contributed by atoms with Crippen molar-refractivity contribution in [3.05, 3.63) is 11.1 Å². The van der Waals surface area contributed by atoms with Gasteiger partial charge in [0.15, 0.2) is 5.78 Å². The van der Waals surface area contributed by atoms with Crippen molar-refractivity contribution in [3.8, 4) is 0 Å². The van der Waals surface area contributed by atoms with E-state index in [4.69, 9.17) is 4.74 Å². The molecule has 0 amide bonds. The van der Waals surface area contributed by atoms with Crippen molar-refractivity contribution < 1.29 is 34.4 Å². The Balaban J connectivity index is 1.81. The molecule has 2 fully saturated rings. The zero-order chi connectivity index (χ0) is 26.1. The molecule has 0 heterocycles. The first-order valence-electron chi connectivity index (χ1n) is 13.1. The van der Waals surface area contributed by atoms with Crippen LogP contribution in [0.15, 0.2) is 11.1 Å². The number of ketones is 2. The van der Waals surface area contributed by atoms with Crippen molar-refractivity contribution in [2.24, 2.45) is 39.4 Å². The fraction of sp³-hybridized carbons (Fsp3) is 0.821. The molecule has 7 nitrogen and oxygen atoms in total. The molecule has 4 aliphatic rings. The Morgan fingerprint density at radius 1 is 1.14 bits per heavy atom. The molecule has 0 aromatic heterocycles. The number of ether oxygens (including phenoxy) is 1. The summed E-state index contributed by atoms with van der Waals surface area (Å²) in [5.74, 6) is -0.564. The smallest absolute Gasteiger partial charge is 0.305 e. The van der Waals surface area contributed by atoms with Crippen molar-refractivity contribution in [1.29, 1.82) is 0 Å². The van der Waals surface area contributed by atoms with Gasteiger partial charge in [-0.15, -0.1) is 0 Å². The molecule has 0 radical (unpaired) electrons. The van der Waals surface area contributed by atoms with Gasteiger partial charge in [-0.3, -0.25) is 14.4 Å². The molecule has 4 aliphatic carbocycles. The summed E-state index contributed by atoms with van der Waals surface area (Å²) in [5.41, 5.74) is -1.78. The van der Waals surface area contributed by atoms with Crippen LogP contribution < -0.4 is 0 Å². The van der Waals surface area contributed by atoms with Crippen LogP contribution in [0.4, 0.5) is 0 Å². The molecule has 3 N–H and O–H groups in total. The number of rotatable bonds is 5. The molecule has 0 aliphatic heterocycles. The number of hydrogen-bond donors (Lipinski definition) is 3. The quantitative estimate of drug-likeness (QED) is 0.507. The Labute approximate surface area is 208 Å². The summed E-state index contributed by atoms with van der Waals surface area (Å²) in [6, 6.07) is 0. The lowest BCUT2D eigenvalue weighted by Crippen LogP contribution is -2.61. The van der Waals surface area contributed by atoms with Crippen LogP contribution in [0.1, 0.15) is 79.6 Å². The van der Waals surface area contributed by atoms with Gasteiger partial charge in [-0.05, 0) is 54.4 Å². The third-order valence-electron chi connectivity index (χ3n) is 11.2. The number of aliphatic hydroxyl groups is 3. The van der Waals surface area contributed by atoms with Crippen molar-refractivity contribution in [2.45, 2.75) is 91.8 Å². The van der Waals surface area contributed by atoms with Gasteiger partial charge in [0.2, 0.25) is 0 Å². The average Bonchev–Trinajstić information content (AvgIpc) is 3.02. The molecule has 9 unspecified atom stereocenters. The van der Waals surface area contributed by atoms with Crippen LogP contribution in [-0.2, 0) is 19.1 Å². The summed E-state index contributed by atoms with van der Waals surface area (Å²) in [6.45, 7) is 9.60. The zero-order valence-corrected chi connectivity index (χ0v) is 22.0. The number of aliphatic hydroxyl groups excluding tert-OH is 3. The van der Waals surface area contributed by atoms with E-state index in [0.29, 0.717) is 30.4 Å². The molecule has 0 aromatic rings. The minimum atomic E-state index is -1.01. The number of carbonyl (C=O) groups is 3. The van der Waals surface area contributed by atoms with Crippen LogP contribution in [0, 0.1) is 39.4 Å². The summed E-state index contributed by atoms with van der Waals surface area (Å²) in [6.07, 6.45) is 1.02. The number of fused-ring (bicyclic) bond motifs is 4. The molecule has 2 saturated carbocycles. The Kier molecular flexibility index (Phi) is 6.43. The third-order valence-corrected chi connectivity index (χ3v) is 11.2. The summed E-state index contributed by atoms with van der Waals surface area (Å²) >= 11 is 0. The molecule has 0 bridgehead atoms. The molecule has 0 saturated heterocycles. The normalized spacial score (nSPS) is 46.1. The molecule has 7 heteroatoms. The van der Waals surface area contributed by atoms with Crippen molar-refractivity contribution >= 4 is 17.5 Å². The summed E-state index contributed by atoms with van der Waals surface area (Å²) in [5, 5.41) is 33.4. The second kappa shape index (κ2) is 8.49. The van der Waals surface area contributed by atoms with Crippen molar-refractivity contribution in [1.82, 2.24) is 0 Å². The standard InChI is InChI=1S/C28H42O7/c1-15(7-8-22(34)35-6)16-11-21(33)28(5)24-17(30)12-19-25(2,10-9-20(32)26(19,3)14-29)23(24)18(31)13-27(16,28)4/h15-17,19,21,29-30,33H,7-14H2,1-6H3. The Hall–Kier alpha value is -1.57. The second-order valence-corrected chi connectivity index (χ2v) is 12.7. The Morgan fingerprint density at radius 3 is 2.40 bits per heavy atom. The van der Waals surface area contributed by atoms with Gasteiger partial charge < -0.3 is 20.1 Å². The van der Waals surface area contributed by atoms with Gasteiger partial charge in [-0.2, -0.15) is 0 Å². The number of methoxy groups -OCH3 is 1. The first-order chi connectivity index (χ1) is 16.2. The van der Waals surface area contributed by atoms with E-state index in [0.717, 1.165) is 0 Å². The van der Waals surface area contributed by atoms with Gasteiger partial charge in [0.1, 0.15) is 5.78 Å². The molecule has 9 atom stereocenters. The molecular weight excluding hydrogens is 448 g/mol. The number of Topliss-reactive ketones (excluding diaryl/α,β-unsaturated/α-hetero) is 2. The molecule has 0 aromatic carbocycles. The molecule has 196 valence electrons. The highest BCUT2D eigenvalue weighted by Crippen LogP contribution is 2.71. The van der Waals surface area contributed by atoms with Crippen molar-refractivity contribution in [3.63, 3.8) is 0 Å². The number of allylic oxidation sites excluding steroid dienone is 1. The van der Waals surface area contributed by atoms with Gasteiger partial charge >= 0.3 is 5.97 Å². The lowest BCUT2D eigenvalue weighted by molar-refractivity contribution is -0.152. The lowest BCUT2D eigenvalue weighted by atomic mass is 9.42. The first kappa shape index (κ1) is 26.5. The van der Waals surface area contributed by atoms with Crippen molar-refractivity contribution in [2.75, 3.05) is 13.7 Å². The van der Waals surface area contributed by atoms with Gasteiger partial charge in [-0.1, -0.05) is 34.6 Å². The highest BCUT2D eigenvalue weighted by molar-refractivity contribution is 6.01. The van der Waals surface area contributed by atoms with E-state index in [-0.39, 0.29) is 67.6 Å². The topological polar surface area (TPSA) is 121 Å². The largest absolute Gasteiger partial charge is 0.469 e. The zero-order valence-electron chi connectivity index (χ0n) is 22.0. The summed E-state index contributed by atoms with van der Waals surface area (Å²) in [4.78, 5) is 38.7. The monoisotopic (exact) mass is 490 g/mol. The van der Waals surface area contributed by atoms with Crippen LogP contribution in [0.3, 0.4) is 0 Å². The number of esters is 1. The van der Waals surface area contributed by atoms with Crippen LogP contribution in [-0.4, -0.2) is 58.8 Å². The van der Waals surface area contributed by atoms with Gasteiger partial charge in [-0.25, -0.2) is 0 Å². The van der Waals surface area contributed by atoms with Gasteiger partial charge in [0, 0.05) is 35.7 Å². The first-order valence-corrected chi connectivity index (χ1v) is 13.1. The molecule has 0 spiro atoms. The Morgan fingerprint density at radius 2 is 1.80 bits per heavy atom. The fourth-order valence-electron chi connectivity index (χ4n) is 8.87. The lowest BCUT2D eigenvalue weighted by Gasteiger charge is -2.61. The van der Waals surface area contributed by atoms with Crippen LogP contribution in [0.2, 0.25) is 0 Å². The highest BCUT2D eigenvalue weighted by Gasteiger charge is 2.70. The van der Waals surface area contributed by atoms with Gasteiger partial charge in [0.05, 0.1) is 31.3 Å². The predicted molar refractivity (Wildman–Crippen MR) is 129 cm³/mol. The minimum absolute atomic E-state index is 0.00136. The fourth-order valence-corrected chi connectivity index (χ4v) is 8.87. The minimum Gasteiger partial charge on any atom is -0.469 e. The highest BCUT2D eigenvalue weighted by atomic mass is 16.5. The SMILES string of the molecule is COC(=O)CCC(C)C1CC(O)C2(C)C3=C(C(=O)CC12C)C1(C)CCC(=O)C(C)(CO)C1CC3O. The summed E-state index contributed by atoms with van der Waals surface area (Å²) < 4.78 is 4.81. The van der Waals surface area contributed by atoms with Crippen LogP contribution >= 0.6 is 0 Å². The van der Waals surface area contributed by atoms with Gasteiger partial charge in [0.25, 0.3) is 0 Å². The van der Waals surface area contributed by atoms with E-state index in [1.165, 1.54) is 7.11 Å². The van der Waals surface area contributed by atoms with Crippen LogP contribution in [0.25, 0.3) is 0 Å². The third kappa shape index (κ3) is 3.37.